The standard InChI is InChI=1S/C18H26O5Si/c1-18(2,3)24(6,7)23-14-10-8-13(9-11-16(19)21-4)15(12-14)17(20)22-5/h8-12H,1-7H3/b11-9+. The second-order valence-electron chi connectivity index (χ2n) is 6.96. The van der Waals surface area contributed by atoms with E-state index in [1.807, 2.05) is 0 Å². The first-order valence-corrected chi connectivity index (χ1v) is 10.6. The van der Waals surface area contributed by atoms with E-state index in [0.29, 0.717) is 16.9 Å². The Morgan fingerprint density at radius 1 is 1.08 bits per heavy atom. The second-order valence-corrected chi connectivity index (χ2v) is 11.7. The van der Waals surface area contributed by atoms with E-state index < -0.39 is 20.3 Å². The average Bonchev–Trinajstić information content (AvgIpc) is 2.50. The van der Waals surface area contributed by atoms with Crippen LogP contribution < -0.4 is 4.43 Å². The van der Waals surface area contributed by atoms with Crippen LogP contribution in [0.1, 0.15) is 36.7 Å². The van der Waals surface area contributed by atoms with E-state index in [1.54, 1.807) is 18.2 Å². The van der Waals surface area contributed by atoms with Crippen molar-refractivity contribution in [3.63, 3.8) is 0 Å². The molecule has 0 aliphatic carbocycles. The molecule has 132 valence electrons. The fourth-order valence-corrected chi connectivity index (χ4v) is 2.73. The molecule has 0 aliphatic heterocycles. The smallest absolute Gasteiger partial charge is 0.338 e. The molecule has 0 saturated heterocycles. The summed E-state index contributed by atoms with van der Waals surface area (Å²) in [5.41, 5.74) is 0.906. The Morgan fingerprint density at radius 2 is 1.71 bits per heavy atom. The van der Waals surface area contributed by atoms with Crippen molar-refractivity contribution in [2.75, 3.05) is 14.2 Å². The molecule has 0 fully saturated rings. The van der Waals surface area contributed by atoms with E-state index in [0.717, 1.165) is 0 Å². The zero-order valence-electron chi connectivity index (χ0n) is 15.4. The number of hydrogen-bond acceptors (Lipinski definition) is 5. The van der Waals surface area contributed by atoms with Gasteiger partial charge < -0.3 is 13.9 Å². The van der Waals surface area contributed by atoms with Crippen LogP contribution in [0.25, 0.3) is 6.08 Å². The van der Waals surface area contributed by atoms with Gasteiger partial charge in [-0.05, 0) is 41.9 Å². The van der Waals surface area contributed by atoms with Crippen molar-refractivity contribution in [2.24, 2.45) is 0 Å². The lowest BCUT2D eigenvalue weighted by atomic mass is 10.1. The molecule has 1 aromatic carbocycles. The summed E-state index contributed by atoms with van der Waals surface area (Å²) in [5.74, 6) is -0.357. The monoisotopic (exact) mass is 350 g/mol. The first-order valence-electron chi connectivity index (χ1n) is 7.69. The van der Waals surface area contributed by atoms with Crippen LogP contribution in [0.2, 0.25) is 18.1 Å². The minimum Gasteiger partial charge on any atom is -0.543 e. The van der Waals surface area contributed by atoms with Crippen LogP contribution in [0.15, 0.2) is 24.3 Å². The zero-order chi connectivity index (χ0) is 18.5. The van der Waals surface area contributed by atoms with E-state index in [2.05, 4.69) is 38.6 Å². The molecule has 0 N–H and O–H groups in total. The van der Waals surface area contributed by atoms with Gasteiger partial charge in [-0.3, -0.25) is 0 Å². The molecule has 24 heavy (non-hydrogen) atoms. The van der Waals surface area contributed by atoms with Gasteiger partial charge >= 0.3 is 11.9 Å². The number of rotatable bonds is 5. The second kappa shape index (κ2) is 7.66. The third-order valence-corrected chi connectivity index (χ3v) is 8.57. The summed E-state index contributed by atoms with van der Waals surface area (Å²) in [7, 11) is 0.595. The number of benzene rings is 1. The molecular formula is C18H26O5Si. The highest BCUT2D eigenvalue weighted by molar-refractivity contribution is 6.74. The molecule has 0 spiro atoms. The Bertz CT molecular complexity index is 641. The normalized spacial score (nSPS) is 12.1. The number of carbonyl (C=O) groups excluding carboxylic acids is 2. The SMILES string of the molecule is COC(=O)/C=C/c1ccc(O[Si](C)(C)C(C)(C)C)cc1C(=O)OC. The number of methoxy groups -OCH3 is 2. The lowest BCUT2D eigenvalue weighted by Crippen LogP contribution is -2.43. The fourth-order valence-electron chi connectivity index (χ4n) is 1.70. The van der Waals surface area contributed by atoms with Crippen LogP contribution in [0.5, 0.6) is 5.75 Å². The molecule has 0 radical (unpaired) electrons. The largest absolute Gasteiger partial charge is 0.543 e. The van der Waals surface area contributed by atoms with Crippen molar-refractivity contribution in [1.29, 1.82) is 0 Å². The van der Waals surface area contributed by atoms with Gasteiger partial charge in [0, 0.05) is 6.08 Å². The number of esters is 2. The Kier molecular flexibility index (Phi) is 6.37. The van der Waals surface area contributed by atoms with Gasteiger partial charge in [0.2, 0.25) is 8.32 Å². The first-order chi connectivity index (χ1) is 11.0. The maximum absolute atomic E-state index is 12.0. The predicted octanol–water partition coefficient (Wildman–Crippen LogP) is 4.04. The number of carbonyl (C=O) groups is 2. The summed E-state index contributed by atoms with van der Waals surface area (Å²) in [5, 5.41) is 0.0435. The molecule has 5 nitrogen and oxygen atoms in total. The molecular weight excluding hydrogens is 324 g/mol. The van der Waals surface area contributed by atoms with Crippen LogP contribution >= 0.6 is 0 Å². The van der Waals surface area contributed by atoms with E-state index in [4.69, 9.17) is 9.16 Å². The zero-order valence-corrected chi connectivity index (χ0v) is 16.4. The molecule has 0 aliphatic rings. The van der Waals surface area contributed by atoms with Gasteiger partial charge in [0.25, 0.3) is 0 Å². The number of ether oxygens (including phenoxy) is 2. The van der Waals surface area contributed by atoms with Crippen LogP contribution in [0.4, 0.5) is 0 Å². The van der Waals surface area contributed by atoms with Gasteiger partial charge in [0.1, 0.15) is 5.75 Å². The van der Waals surface area contributed by atoms with Crippen LogP contribution in [0.3, 0.4) is 0 Å². The van der Waals surface area contributed by atoms with Gasteiger partial charge in [-0.1, -0.05) is 26.8 Å². The lowest BCUT2D eigenvalue weighted by Gasteiger charge is -2.36. The quantitative estimate of drug-likeness (QED) is 0.455. The molecule has 0 unspecified atom stereocenters. The van der Waals surface area contributed by atoms with Crippen LogP contribution in [-0.4, -0.2) is 34.5 Å². The molecule has 1 rings (SSSR count). The maximum atomic E-state index is 12.0. The van der Waals surface area contributed by atoms with E-state index >= 15 is 0 Å². The molecule has 0 bridgehead atoms. The molecule has 6 heteroatoms. The third kappa shape index (κ3) is 4.96. The van der Waals surface area contributed by atoms with Crippen molar-refractivity contribution in [3.8, 4) is 5.75 Å². The predicted molar refractivity (Wildman–Crippen MR) is 96.7 cm³/mol. The highest BCUT2D eigenvalue weighted by Crippen LogP contribution is 2.37. The minimum absolute atomic E-state index is 0.0435. The molecule has 0 atom stereocenters. The maximum Gasteiger partial charge on any atom is 0.338 e. The van der Waals surface area contributed by atoms with Crippen molar-refractivity contribution in [3.05, 3.63) is 35.4 Å². The summed E-state index contributed by atoms with van der Waals surface area (Å²) >= 11 is 0. The Balaban J connectivity index is 3.22. The summed E-state index contributed by atoms with van der Waals surface area (Å²) in [6, 6.07) is 5.18. The molecule has 0 amide bonds. The van der Waals surface area contributed by atoms with Crippen molar-refractivity contribution in [1.82, 2.24) is 0 Å². The Labute approximate surface area is 144 Å². The van der Waals surface area contributed by atoms with Crippen LogP contribution in [0, 0.1) is 0 Å². The molecule has 0 heterocycles. The molecule has 1 aromatic rings. The summed E-state index contributed by atoms with van der Waals surface area (Å²) < 4.78 is 15.6. The Morgan fingerprint density at radius 3 is 2.21 bits per heavy atom. The third-order valence-electron chi connectivity index (χ3n) is 4.21. The average molecular weight is 350 g/mol. The van der Waals surface area contributed by atoms with E-state index in [-0.39, 0.29) is 5.04 Å². The Hall–Kier alpha value is -2.08. The topological polar surface area (TPSA) is 61.8 Å². The van der Waals surface area contributed by atoms with Gasteiger partial charge in [-0.25, -0.2) is 9.59 Å². The van der Waals surface area contributed by atoms with Gasteiger partial charge in [0.05, 0.1) is 19.8 Å². The number of hydrogen-bond donors (Lipinski definition) is 0. The van der Waals surface area contributed by atoms with E-state index in [1.165, 1.54) is 26.4 Å². The summed E-state index contributed by atoms with van der Waals surface area (Å²) in [6.07, 6.45) is 2.78. The van der Waals surface area contributed by atoms with E-state index in [9.17, 15) is 9.59 Å². The van der Waals surface area contributed by atoms with Crippen molar-refractivity contribution < 1.29 is 23.5 Å². The minimum atomic E-state index is -2.02. The molecule has 0 saturated carbocycles. The van der Waals surface area contributed by atoms with Gasteiger partial charge in [0.15, 0.2) is 0 Å². The van der Waals surface area contributed by atoms with Gasteiger partial charge in [-0.15, -0.1) is 0 Å². The summed E-state index contributed by atoms with van der Waals surface area (Å²) in [6.45, 7) is 10.7. The van der Waals surface area contributed by atoms with Crippen molar-refractivity contribution >= 4 is 26.3 Å². The fraction of sp³-hybridized carbons (Fsp3) is 0.444. The first kappa shape index (κ1) is 20.0. The van der Waals surface area contributed by atoms with Gasteiger partial charge in [-0.2, -0.15) is 0 Å². The highest BCUT2D eigenvalue weighted by atomic mass is 28.4. The highest BCUT2D eigenvalue weighted by Gasteiger charge is 2.39. The lowest BCUT2D eigenvalue weighted by molar-refractivity contribution is -0.134. The molecule has 0 aromatic heterocycles. The van der Waals surface area contributed by atoms with Crippen LogP contribution in [-0.2, 0) is 14.3 Å². The van der Waals surface area contributed by atoms with Crippen molar-refractivity contribution in [2.45, 2.75) is 38.9 Å². The summed E-state index contributed by atoms with van der Waals surface area (Å²) in [4.78, 5) is 23.3.